The van der Waals surface area contributed by atoms with Crippen LogP contribution in [0.15, 0.2) is 48.5 Å². The first-order valence-electron chi connectivity index (χ1n) is 8.00. The summed E-state index contributed by atoms with van der Waals surface area (Å²) >= 11 is 0. The molecule has 0 aliphatic heterocycles. The molecule has 0 saturated heterocycles. The lowest BCUT2D eigenvalue weighted by atomic mass is 10.1. The van der Waals surface area contributed by atoms with Crippen molar-refractivity contribution in [1.82, 2.24) is 0 Å². The van der Waals surface area contributed by atoms with E-state index < -0.39 is 10.0 Å². The lowest BCUT2D eigenvalue weighted by Gasteiger charge is -2.10. The Kier molecular flexibility index (Phi) is 6.49. The van der Waals surface area contributed by atoms with E-state index in [0.717, 1.165) is 24.4 Å². The molecule has 0 aliphatic rings. The highest BCUT2D eigenvalue weighted by atomic mass is 32.2. The number of anilines is 2. The van der Waals surface area contributed by atoms with E-state index in [1.54, 1.807) is 19.2 Å². The van der Waals surface area contributed by atoms with Crippen LogP contribution < -0.4 is 14.8 Å². The Morgan fingerprint density at radius 3 is 2.17 bits per heavy atom. The number of rotatable bonds is 9. The molecular formula is C18H24N2O3S. The van der Waals surface area contributed by atoms with Crippen molar-refractivity contribution in [2.75, 3.05) is 29.4 Å². The third kappa shape index (κ3) is 5.77. The fraction of sp³-hybridized carbons (Fsp3) is 0.333. The smallest absolute Gasteiger partial charge is 0.232 e. The summed E-state index contributed by atoms with van der Waals surface area (Å²) in [7, 11) is -1.58. The van der Waals surface area contributed by atoms with Crippen molar-refractivity contribution in [3.63, 3.8) is 0 Å². The Labute approximate surface area is 144 Å². The third-order valence-electron chi connectivity index (χ3n) is 3.53. The predicted octanol–water partition coefficient (Wildman–Crippen LogP) is 3.50. The molecule has 0 radical (unpaired) electrons. The number of ether oxygens (including phenoxy) is 1. The molecular weight excluding hydrogens is 324 g/mol. The zero-order valence-corrected chi connectivity index (χ0v) is 14.9. The molecule has 0 bridgehead atoms. The van der Waals surface area contributed by atoms with Crippen molar-refractivity contribution in [2.24, 2.45) is 0 Å². The van der Waals surface area contributed by atoms with Crippen molar-refractivity contribution in [3.05, 3.63) is 54.1 Å². The Bertz CT molecular complexity index is 726. The molecule has 6 heteroatoms. The van der Waals surface area contributed by atoms with Gasteiger partial charge in [0, 0.05) is 17.9 Å². The minimum Gasteiger partial charge on any atom is -0.497 e. The highest BCUT2D eigenvalue weighted by Gasteiger charge is 2.08. The number of benzene rings is 2. The summed E-state index contributed by atoms with van der Waals surface area (Å²) in [6, 6.07) is 15.3. The summed E-state index contributed by atoms with van der Waals surface area (Å²) in [6.45, 7) is 2.64. The maximum atomic E-state index is 11.7. The molecule has 130 valence electrons. The molecule has 0 heterocycles. The monoisotopic (exact) mass is 348 g/mol. The van der Waals surface area contributed by atoms with Crippen LogP contribution in [-0.4, -0.2) is 27.8 Å². The van der Waals surface area contributed by atoms with Gasteiger partial charge in [0.05, 0.1) is 12.9 Å². The van der Waals surface area contributed by atoms with Gasteiger partial charge in [0.2, 0.25) is 10.0 Å². The van der Waals surface area contributed by atoms with Gasteiger partial charge in [-0.3, -0.25) is 4.72 Å². The lowest BCUT2D eigenvalue weighted by Crippen LogP contribution is -2.16. The average molecular weight is 348 g/mol. The van der Waals surface area contributed by atoms with E-state index in [4.69, 9.17) is 4.74 Å². The molecule has 2 rings (SSSR count). The van der Waals surface area contributed by atoms with Gasteiger partial charge in [-0.1, -0.05) is 19.1 Å². The molecule has 0 amide bonds. The van der Waals surface area contributed by atoms with Crippen LogP contribution in [-0.2, 0) is 16.4 Å². The average Bonchev–Trinajstić information content (AvgIpc) is 2.57. The van der Waals surface area contributed by atoms with Gasteiger partial charge in [-0.25, -0.2) is 8.42 Å². The Morgan fingerprint density at radius 1 is 0.958 bits per heavy atom. The SMILES string of the molecule is CCCS(=O)(=O)Nc1ccc(NCCc2ccc(OC)cc2)cc1. The first-order valence-corrected chi connectivity index (χ1v) is 9.65. The van der Waals surface area contributed by atoms with E-state index >= 15 is 0 Å². The minimum atomic E-state index is -3.24. The van der Waals surface area contributed by atoms with E-state index in [9.17, 15) is 8.42 Å². The zero-order chi connectivity index (χ0) is 17.4. The fourth-order valence-corrected chi connectivity index (χ4v) is 3.43. The summed E-state index contributed by atoms with van der Waals surface area (Å²) in [4.78, 5) is 0. The van der Waals surface area contributed by atoms with Gasteiger partial charge in [0.1, 0.15) is 5.75 Å². The van der Waals surface area contributed by atoms with E-state index in [-0.39, 0.29) is 5.75 Å². The van der Waals surface area contributed by atoms with Crippen LogP contribution in [0, 0.1) is 0 Å². The fourth-order valence-electron chi connectivity index (χ4n) is 2.30. The molecule has 24 heavy (non-hydrogen) atoms. The van der Waals surface area contributed by atoms with Crippen LogP contribution in [0.4, 0.5) is 11.4 Å². The number of sulfonamides is 1. The number of hydrogen-bond acceptors (Lipinski definition) is 4. The Morgan fingerprint density at radius 2 is 1.58 bits per heavy atom. The Hall–Kier alpha value is -2.21. The van der Waals surface area contributed by atoms with E-state index in [1.165, 1.54) is 5.56 Å². The standard InChI is InChI=1S/C18H24N2O3S/c1-3-14-24(21,22)20-17-8-6-16(7-9-17)19-13-12-15-4-10-18(23-2)11-5-15/h4-11,19-20H,3,12-14H2,1-2H3. The highest BCUT2D eigenvalue weighted by Crippen LogP contribution is 2.16. The second-order valence-electron chi connectivity index (χ2n) is 5.52. The van der Waals surface area contributed by atoms with Crippen molar-refractivity contribution >= 4 is 21.4 Å². The Balaban J connectivity index is 1.83. The zero-order valence-electron chi connectivity index (χ0n) is 14.1. The normalized spacial score (nSPS) is 11.1. The minimum absolute atomic E-state index is 0.134. The molecule has 0 fully saturated rings. The van der Waals surface area contributed by atoms with E-state index in [2.05, 4.69) is 10.0 Å². The largest absolute Gasteiger partial charge is 0.497 e. The topological polar surface area (TPSA) is 67.4 Å². The molecule has 0 unspecified atom stereocenters. The predicted molar refractivity (Wildman–Crippen MR) is 99.3 cm³/mol. The van der Waals surface area contributed by atoms with Gasteiger partial charge in [-0.2, -0.15) is 0 Å². The maximum absolute atomic E-state index is 11.7. The maximum Gasteiger partial charge on any atom is 0.232 e. The number of nitrogens with one attached hydrogen (secondary N) is 2. The summed E-state index contributed by atoms with van der Waals surface area (Å²) in [5.74, 6) is 0.988. The molecule has 0 atom stereocenters. The van der Waals surface area contributed by atoms with Gasteiger partial charge in [-0.05, 0) is 54.8 Å². The molecule has 5 nitrogen and oxygen atoms in total. The molecule has 0 aromatic heterocycles. The molecule has 0 saturated carbocycles. The lowest BCUT2D eigenvalue weighted by molar-refractivity contribution is 0.414. The molecule has 2 aromatic rings. The molecule has 2 aromatic carbocycles. The quantitative estimate of drug-likeness (QED) is 0.728. The third-order valence-corrected chi connectivity index (χ3v) is 5.03. The highest BCUT2D eigenvalue weighted by molar-refractivity contribution is 7.92. The first-order chi connectivity index (χ1) is 11.5. The van der Waals surface area contributed by atoms with E-state index in [1.807, 2.05) is 43.3 Å². The number of hydrogen-bond donors (Lipinski definition) is 2. The van der Waals surface area contributed by atoms with Crippen LogP contribution in [0.1, 0.15) is 18.9 Å². The van der Waals surface area contributed by atoms with Gasteiger partial charge in [-0.15, -0.1) is 0 Å². The van der Waals surface area contributed by atoms with Crippen LogP contribution >= 0.6 is 0 Å². The van der Waals surface area contributed by atoms with Crippen LogP contribution in [0.3, 0.4) is 0 Å². The summed E-state index contributed by atoms with van der Waals surface area (Å²) in [6.07, 6.45) is 1.50. The van der Waals surface area contributed by atoms with Gasteiger partial charge in [0.25, 0.3) is 0 Å². The van der Waals surface area contributed by atoms with Crippen molar-refractivity contribution in [1.29, 1.82) is 0 Å². The van der Waals surface area contributed by atoms with Gasteiger partial charge < -0.3 is 10.1 Å². The summed E-state index contributed by atoms with van der Waals surface area (Å²) < 4.78 is 31.2. The van der Waals surface area contributed by atoms with Crippen molar-refractivity contribution < 1.29 is 13.2 Å². The second kappa shape index (κ2) is 8.59. The molecule has 2 N–H and O–H groups in total. The van der Waals surface area contributed by atoms with Crippen LogP contribution in [0.25, 0.3) is 0 Å². The number of methoxy groups -OCH3 is 1. The van der Waals surface area contributed by atoms with Crippen LogP contribution in [0.5, 0.6) is 5.75 Å². The summed E-state index contributed by atoms with van der Waals surface area (Å²) in [5, 5.41) is 3.33. The van der Waals surface area contributed by atoms with Crippen molar-refractivity contribution in [2.45, 2.75) is 19.8 Å². The summed E-state index contributed by atoms with van der Waals surface area (Å²) in [5.41, 5.74) is 2.78. The van der Waals surface area contributed by atoms with Crippen molar-refractivity contribution in [3.8, 4) is 5.75 Å². The van der Waals surface area contributed by atoms with Gasteiger partial charge >= 0.3 is 0 Å². The molecule has 0 spiro atoms. The van der Waals surface area contributed by atoms with Gasteiger partial charge in [0.15, 0.2) is 0 Å². The molecule has 0 aliphatic carbocycles. The van der Waals surface area contributed by atoms with Crippen LogP contribution in [0.2, 0.25) is 0 Å². The second-order valence-corrected chi connectivity index (χ2v) is 7.37. The van der Waals surface area contributed by atoms with E-state index in [0.29, 0.717) is 12.1 Å². The first kappa shape index (κ1) is 18.1.